The van der Waals surface area contributed by atoms with Crippen LogP contribution >= 0.6 is 0 Å². The summed E-state index contributed by atoms with van der Waals surface area (Å²) < 4.78 is 4.27. The van der Waals surface area contributed by atoms with Gasteiger partial charge in [0.1, 0.15) is 11.5 Å². The van der Waals surface area contributed by atoms with Gasteiger partial charge in [0.15, 0.2) is 0 Å². The molecule has 128 valence electrons. The first kappa shape index (κ1) is 16.1. The summed E-state index contributed by atoms with van der Waals surface area (Å²) in [6.45, 7) is 2.84. The molecule has 3 heterocycles. The summed E-state index contributed by atoms with van der Waals surface area (Å²) in [7, 11) is 0. The number of nitrogens with zero attached hydrogens (tertiary/aromatic N) is 5. The van der Waals surface area contributed by atoms with Crippen molar-refractivity contribution in [2.45, 2.75) is 26.3 Å². The van der Waals surface area contributed by atoms with E-state index in [9.17, 15) is 0 Å². The van der Waals surface area contributed by atoms with Crippen LogP contribution in [0.25, 0.3) is 17.0 Å². The summed E-state index contributed by atoms with van der Waals surface area (Å²) in [6.07, 6.45) is 7.88. The van der Waals surface area contributed by atoms with Crippen LogP contribution in [0.5, 0.6) is 0 Å². The standard InChI is InChI=1S/C21H19N5/c1-2-6-19-18(24-20-9-3-4-11-26(19)20)15-25-12-10-23-21(25)17-8-5-7-16(13-17)14-22/h3-5,7-13H,2,6,15H2,1H3. The van der Waals surface area contributed by atoms with Crippen LogP contribution in [0.4, 0.5) is 0 Å². The molecule has 0 aliphatic carbocycles. The van der Waals surface area contributed by atoms with Gasteiger partial charge in [-0.1, -0.05) is 31.5 Å². The zero-order valence-corrected chi connectivity index (χ0v) is 14.6. The van der Waals surface area contributed by atoms with Gasteiger partial charge in [0.05, 0.1) is 23.9 Å². The third kappa shape index (κ3) is 2.86. The maximum atomic E-state index is 9.15. The Morgan fingerprint density at radius 2 is 2.04 bits per heavy atom. The Kier molecular flexibility index (Phi) is 4.24. The zero-order chi connectivity index (χ0) is 17.9. The maximum Gasteiger partial charge on any atom is 0.140 e. The lowest BCUT2D eigenvalue weighted by Crippen LogP contribution is -2.05. The van der Waals surface area contributed by atoms with Crippen molar-refractivity contribution in [1.29, 1.82) is 5.26 Å². The van der Waals surface area contributed by atoms with Crippen LogP contribution in [0.1, 0.15) is 30.3 Å². The second kappa shape index (κ2) is 6.85. The molecular weight excluding hydrogens is 322 g/mol. The minimum atomic E-state index is 0.636. The number of pyridine rings is 1. The third-order valence-electron chi connectivity index (χ3n) is 4.48. The van der Waals surface area contributed by atoms with Gasteiger partial charge >= 0.3 is 0 Å². The molecule has 1 aromatic carbocycles. The molecule has 0 N–H and O–H groups in total. The fourth-order valence-corrected chi connectivity index (χ4v) is 3.31. The normalized spacial score (nSPS) is 10.9. The number of nitriles is 1. The molecule has 0 saturated heterocycles. The van der Waals surface area contributed by atoms with Gasteiger partial charge < -0.3 is 8.97 Å². The zero-order valence-electron chi connectivity index (χ0n) is 14.6. The smallest absolute Gasteiger partial charge is 0.140 e. The number of benzene rings is 1. The molecule has 0 fully saturated rings. The van der Waals surface area contributed by atoms with Crippen molar-refractivity contribution >= 4 is 5.65 Å². The van der Waals surface area contributed by atoms with E-state index in [1.807, 2.05) is 42.6 Å². The van der Waals surface area contributed by atoms with E-state index in [4.69, 9.17) is 10.2 Å². The first-order chi connectivity index (χ1) is 12.8. The summed E-state index contributed by atoms with van der Waals surface area (Å²) >= 11 is 0. The molecule has 0 amide bonds. The number of hydrogen-bond acceptors (Lipinski definition) is 3. The van der Waals surface area contributed by atoms with E-state index in [-0.39, 0.29) is 0 Å². The second-order valence-electron chi connectivity index (χ2n) is 6.26. The lowest BCUT2D eigenvalue weighted by molar-refractivity contribution is 0.759. The van der Waals surface area contributed by atoms with Crippen molar-refractivity contribution in [3.05, 3.63) is 78.0 Å². The van der Waals surface area contributed by atoms with Crippen LogP contribution in [0.15, 0.2) is 61.1 Å². The van der Waals surface area contributed by atoms with Gasteiger partial charge in [-0.15, -0.1) is 0 Å². The molecule has 5 heteroatoms. The van der Waals surface area contributed by atoms with Gasteiger partial charge in [0.2, 0.25) is 0 Å². The molecule has 0 bridgehead atoms. The molecule has 0 unspecified atom stereocenters. The molecule has 0 aliphatic heterocycles. The predicted octanol–water partition coefficient (Wildman–Crippen LogP) is 4.07. The molecule has 0 spiro atoms. The van der Waals surface area contributed by atoms with Crippen LogP contribution in [0.2, 0.25) is 0 Å². The van der Waals surface area contributed by atoms with Crippen molar-refractivity contribution in [1.82, 2.24) is 18.9 Å². The summed E-state index contributed by atoms with van der Waals surface area (Å²) in [5.74, 6) is 0.849. The molecule has 26 heavy (non-hydrogen) atoms. The molecular formula is C21H19N5. The summed E-state index contributed by atoms with van der Waals surface area (Å²) in [5, 5.41) is 9.15. The number of aromatic nitrogens is 4. The number of hydrogen-bond donors (Lipinski definition) is 0. The highest BCUT2D eigenvalue weighted by Crippen LogP contribution is 2.22. The average Bonchev–Trinajstić information content (AvgIpc) is 3.27. The Balaban J connectivity index is 1.75. The number of aryl methyl sites for hydroxylation is 1. The van der Waals surface area contributed by atoms with Crippen molar-refractivity contribution in [2.24, 2.45) is 0 Å². The first-order valence-electron chi connectivity index (χ1n) is 8.76. The lowest BCUT2D eigenvalue weighted by atomic mass is 10.1. The molecule has 5 nitrogen and oxygen atoms in total. The van der Waals surface area contributed by atoms with E-state index < -0.39 is 0 Å². The Morgan fingerprint density at radius 1 is 1.12 bits per heavy atom. The van der Waals surface area contributed by atoms with E-state index in [1.54, 1.807) is 12.3 Å². The van der Waals surface area contributed by atoms with Gasteiger partial charge in [0, 0.05) is 29.8 Å². The summed E-state index contributed by atoms with van der Waals surface area (Å²) in [6, 6.07) is 15.8. The number of fused-ring (bicyclic) bond motifs is 1. The molecule has 0 radical (unpaired) electrons. The highest BCUT2D eigenvalue weighted by Gasteiger charge is 2.14. The van der Waals surface area contributed by atoms with Gasteiger partial charge in [0.25, 0.3) is 0 Å². The van der Waals surface area contributed by atoms with Crippen molar-refractivity contribution in [2.75, 3.05) is 0 Å². The monoisotopic (exact) mass is 341 g/mol. The predicted molar refractivity (Wildman–Crippen MR) is 101 cm³/mol. The highest BCUT2D eigenvalue weighted by atomic mass is 15.1. The van der Waals surface area contributed by atoms with Crippen LogP contribution in [-0.4, -0.2) is 18.9 Å². The Morgan fingerprint density at radius 3 is 2.88 bits per heavy atom. The van der Waals surface area contributed by atoms with E-state index in [0.717, 1.165) is 35.6 Å². The van der Waals surface area contributed by atoms with Gasteiger partial charge in [-0.05, 0) is 30.7 Å². The highest BCUT2D eigenvalue weighted by molar-refractivity contribution is 5.58. The number of rotatable bonds is 5. The summed E-state index contributed by atoms with van der Waals surface area (Å²) in [5.41, 5.74) is 4.85. The Labute approximate surface area is 152 Å². The Bertz CT molecular complexity index is 1100. The topological polar surface area (TPSA) is 58.9 Å². The quantitative estimate of drug-likeness (QED) is 0.550. The molecule has 0 aliphatic rings. The van der Waals surface area contributed by atoms with Crippen LogP contribution in [0, 0.1) is 11.3 Å². The van der Waals surface area contributed by atoms with Crippen molar-refractivity contribution < 1.29 is 0 Å². The van der Waals surface area contributed by atoms with Gasteiger partial charge in [-0.2, -0.15) is 5.26 Å². The van der Waals surface area contributed by atoms with Gasteiger partial charge in [-0.25, -0.2) is 9.97 Å². The minimum Gasteiger partial charge on any atom is -0.325 e. The molecule has 4 rings (SSSR count). The molecule has 0 saturated carbocycles. The van der Waals surface area contributed by atoms with Crippen LogP contribution < -0.4 is 0 Å². The average molecular weight is 341 g/mol. The fourth-order valence-electron chi connectivity index (χ4n) is 3.31. The number of imidazole rings is 2. The minimum absolute atomic E-state index is 0.636. The fraction of sp³-hybridized carbons (Fsp3) is 0.190. The van der Waals surface area contributed by atoms with E-state index in [0.29, 0.717) is 12.1 Å². The lowest BCUT2D eigenvalue weighted by Gasteiger charge is -2.09. The molecule has 0 atom stereocenters. The third-order valence-corrected chi connectivity index (χ3v) is 4.48. The van der Waals surface area contributed by atoms with Crippen LogP contribution in [0.3, 0.4) is 0 Å². The summed E-state index contributed by atoms with van der Waals surface area (Å²) in [4.78, 5) is 9.34. The Hall–Kier alpha value is -3.39. The van der Waals surface area contributed by atoms with Crippen molar-refractivity contribution in [3.8, 4) is 17.5 Å². The van der Waals surface area contributed by atoms with Crippen molar-refractivity contribution in [3.63, 3.8) is 0 Å². The van der Waals surface area contributed by atoms with E-state index in [2.05, 4.69) is 33.1 Å². The molecule has 3 aromatic heterocycles. The van der Waals surface area contributed by atoms with Crippen LogP contribution in [-0.2, 0) is 13.0 Å². The first-order valence-corrected chi connectivity index (χ1v) is 8.76. The van der Waals surface area contributed by atoms with Gasteiger partial charge in [-0.3, -0.25) is 0 Å². The maximum absolute atomic E-state index is 9.15. The van der Waals surface area contributed by atoms with E-state index in [1.165, 1.54) is 5.69 Å². The molecule has 4 aromatic rings. The largest absolute Gasteiger partial charge is 0.325 e. The SMILES string of the molecule is CCCc1c(Cn2ccnc2-c2cccc(C#N)c2)nc2ccccn12. The second-order valence-corrected chi connectivity index (χ2v) is 6.26. The van der Waals surface area contributed by atoms with E-state index >= 15 is 0 Å².